The lowest BCUT2D eigenvalue weighted by atomic mass is 10.2. The molecule has 28 heavy (non-hydrogen) atoms. The molecule has 2 heterocycles. The zero-order valence-electron chi connectivity index (χ0n) is 15.5. The summed E-state index contributed by atoms with van der Waals surface area (Å²) in [6.07, 6.45) is 4.61. The number of carbonyl (C=O) groups excluding carboxylic acids is 1. The zero-order chi connectivity index (χ0) is 20.1. The fraction of sp³-hybridized carbons (Fsp3) is 0.158. The Morgan fingerprint density at radius 1 is 1.39 bits per heavy atom. The number of benzene rings is 1. The zero-order valence-corrected chi connectivity index (χ0v) is 16.3. The summed E-state index contributed by atoms with van der Waals surface area (Å²) in [4.78, 5) is 20.1. The Bertz CT molecular complexity index is 1020. The number of nitrogens with zero attached hydrogens (tertiary/aromatic N) is 4. The topological polar surface area (TPSA) is 96.8 Å². The molecule has 2 aromatic heterocycles. The lowest BCUT2D eigenvalue weighted by Crippen LogP contribution is -2.08. The van der Waals surface area contributed by atoms with E-state index in [0.29, 0.717) is 29.0 Å². The van der Waals surface area contributed by atoms with Gasteiger partial charge in [0.1, 0.15) is 5.02 Å². The van der Waals surface area contributed by atoms with Crippen LogP contribution < -0.4 is 16.0 Å². The highest BCUT2D eigenvalue weighted by Gasteiger charge is 2.09. The third-order valence-corrected chi connectivity index (χ3v) is 4.12. The lowest BCUT2D eigenvalue weighted by molar-refractivity contribution is -0.111. The molecule has 0 radical (unpaired) electrons. The van der Waals surface area contributed by atoms with Crippen LogP contribution in [0.25, 0.3) is 0 Å². The van der Waals surface area contributed by atoms with Gasteiger partial charge in [0.15, 0.2) is 5.82 Å². The number of hydrogen-bond donors (Lipinski definition) is 3. The van der Waals surface area contributed by atoms with Crippen molar-refractivity contribution >= 4 is 40.6 Å². The van der Waals surface area contributed by atoms with Crippen LogP contribution in [0.1, 0.15) is 11.3 Å². The first-order valence-electron chi connectivity index (χ1n) is 8.50. The minimum Gasteiger partial charge on any atom is -0.365 e. The molecule has 144 valence electrons. The summed E-state index contributed by atoms with van der Waals surface area (Å²) in [6.45, 7) is 5.82. The Hall–Kier alpha value is -3.39. The predicted octanol–water partition coefficient (Wildman–Crippen LogP) is 3.65. The number of anilines is 4. The van der Waals surface area contributed by atoms with Gasteiger partial charge in [0.25, 0.3) is 0 Å². The summed E-state index contributed by atoms with van der Waals surface area (Å²) in [7, 11) is 1.85. The highest BCUT2D eigenvalue weighted by atomic mass is 35.5. The summed E-state index contributed by atoms with van der Waals surface area (Å²) >= 11 is 6.22. The number of halogens is 1. The highest BCUT2D eigenvalue weighted by Crippen LogP contribution is 2.23. The van der Waals surface area contributed by atoms with E-state index in [1.54, 1.807) is 10.7 Å². The van der Waals surface area contributed by atoms with E-state index in [2.05, 4.69) is 37.6 Å². The Labute approximate surface area is 167 Å². The molecule has 0 aliphatic heterocycles. The SMILES string of the molecule is C=CC(=O)Nc1cccc(CNc2nc(Nc3cn(C)nc3C)ncc2Cl)c1. The maximum atomic E-state index is 11.4. The first-order valence-corrected chi connectivity index (χ1v) is 8.88. The number of carbonyl (C=O) groups is 1. The van der Waals surface area contributed by atoms with Gasteiger partial charge in [-0.15, -0.1) is 0 Å². The van der Waals surface area contributed by atoms with Crippen LogP contribution in [0.4, 0.5) is 23.1 Å². The molecule has 1 amide bonds. The van der Waals surface area contributed by atoms with Crippen LogP contribution in [0.3, 0.4) is 0 Å². The number of aryl methyl sites for hydroxylation is 2. The van der Waals surface area contributed by atoms with E-state index in [4.69, 9.17) is 11.6 Å². The molecule has 8 nitrogen and oxygen atoms in total. The van der Waals surface area contributed by atoms with Crippen LogP contribution in [0.2, 0.25) is 5.02 Å². The van der Waals surface area contributed by atoms with Crippen molar-refractivity contribution < 1.29 is 4.79 Å². The van der Waals surface area contributed by atoms with Crippen LogP contribution in [0, 0.1) is 6.92 Å². The molecule has 3 aromatic rings. The molecular formula is C19H20ClN7O. The summed E-state index contributed by atoms with van der Waals surface area (Å²) in [6, 6.07) is 7.46. The first-order chi connectivity index (χ1) is 13.4. The van der Waals surface area contributed by atoms with Gasteiger partial charge < -0.3 is 16.0 Å². The smallest absolute Gasteiger partial charge is 0.247 e. The van der Waals surface area contributed by atoms with Gasteiger partial charge in [-0.2, -0.15) is 10.1 Å². The summed E-state index contributed by atoms with van der Waals surface area (Å²) in [5.41, 5.74) is 3.30. The third kappa shape index (κ3) is 4.86. The van der Waals surface area contributed by atoms with E-state index in [9.17, 15) is 4.79 Å². The fourth-order valence-corrected chi connectivity index (χ4v) is 2.69. The molecule has 0 saturated carbocycles. The Morgan fingerprint density at radius 2 is 2.21 bits per heavy atom. The normalized spacial score (nSPS) is 10.4. The second-order valence-electron chi connectivity index (χ2n) is 6.06. The molecule has 0 atom stereocenters. The van der Waals surface area contributed by atoms with Gasteiger partial charge in [0.05, 0.1) is 17.6 Å². The fourth-order valence-electron chi connectivity index (χ4n) is 2.53. The monoisotopic (exact) mass is 397 g/mol. The Morgan fingerprint density at radius 3 is 2.93 bits per heavy atom. The van der Waals surface area contributed by atoms with Crippen LogP contribution in [0.5, 0.6) is 0 Å². The van der Waals surface area contributed by atoms with Gasteiger partial charge in [-0.05, 0) is 30.7 Å². The van der Waals surface area contributed by atoms with E-state index in [0.717, 1.165) is 16.9 Å². The molecular weight excluding hydrogens is 378 g/mol. The number of nitrogens with one attached hydrogen (secondary N) is 3. The number of hydrogen-bond acceptors (Lipinski definition) is 6. The van der Waals surface area contributed by atoms with Crippen molar-refractivity contribution in [2.45, 2.75) is 13.5 Å². The van der Waals surface area contributed by atoms with E-state index in [1.165, 1.54) is 12.3 Å². The van der Waals surface area contributed by atoms with Gasteiger partial charge in [0, 0.05) is 25.5 Å². The van der Waals surface area contributed by atoms with Crippen molar-refractivity contribution in [3.63, 3.8) is 0 Å². The van der Waals surface area contributed by atoms with Crippen LogP contribution in [0.15, 0.2) is 49.3 Å². The standard InChI is InChI=1S/C19H20ClN7O/c1-4-17(28)23-14-7-5-6-13(8-14)9-21-18-15(20)10-22-19(25-18)24-16-11-27(3)26-12(16)2/h4-8,10-11H,1,9H2,2-3H3,(H,23,28)(H2,21,22,24,25). The highest BCUT2D eigenvalue weighted by molar-refractivity contribution is 6.32. The van der Waals surface area contributed by atoms with Crippen molar-refractivity contribution in [2.24, 2.45) is 7.05 Å². The van der Waals surface area contributed by atoms with Crippen molar-refractivity contribution in [3.05, 3.63) is 65.6 Å². The van der Waals surface area contributed by atoms with E-state index >= 15 is 0 Å². The molecule has 0 unspecified atom stereocenters. The van der Waals surface area contributed by atoms with Gasteiger partial charge in [-0.3, -0.25) is 9.48 Å². The minimum atomic E-state index is -0.259. The molecule has 0 fully saturated rings. The van der Waals surface area contributed by atoms with Crippen LogP contribution in [-0.4, -0.2) is 25.7 Å². The maximum Gasteiger partial charge on any atom is 0.247 e. The molecule has 0 bridgehead atoms. The van der Waals surface area contributed by atoms with E-state index in [1.807, 2.05) is 38.4 Å². The Balaban J connectivity index is 1.70. The van der Waals surface area contributed by atoms with Gasteiger partial charge in [0.2, 0.25) is 11.9 Å². The van der Waals surface area contributed by atoms with Crippen LogP contribution in [-0.2, 0) is 18.4 Å². The second-order valence-corrected chi connectivity index (χ2v) is 6.47. The van der Waals surface area contributed by atoms with E-state index < -0.39 is 0 Å². The molecule has 3 rings (SSSR count). The minimum absolute atomic E-state index is 0.259. The summed E-state index contributed by atoms with van der Waals surface area (Å²) in [5.74, 6) is 0.654. The molecule has 0 saturated heterocycles. The molecule has 1 aromatic carbocycles. The Kier molecular flexibility index (Phi) is 5.90. The maximum absolute atomic E-state index is 11.4. The van der Waals surface area contributed by atoms with Crippen molar-refractivity contribution in [2.75, 3.05) is 16.0 Å². The van der Waals surface area contributed by atoms with Crippen LogP contribution >= 0.6 is 11.6 Å². The quantitative estimate of drug-likeness (QED) is 0.526. The lowest BCUT2D eigenvalue weighted by Gasteiger charge is -2.11. The summed E-state index contributed by atoms with van der Waals surface area (Å²) < 4.78 is 1.71. The first kappa shape index (κ1) is 19.4. The molecule has 0 spiro atoms. The molecule has 0 aliphatic carbocycles. The third-order valence-electron chi connectivity index (χ3n) is 3.84. The number of aromatic nitrogens is 4. The predicted molar refractivity (Wildman–Crippen MR) is 111 cm³/mol. The van der Waals surface area contributed by atoms with Gasteiger partial charge >= 0.3 is 0 Å². The summed E-state index contributed by atoms with van der Waals surface area (Å²) in [5, 5.41) is 13.7. The average Bonchev–Trinajstić information content (AvgIpc) is 2.99. The average molecular weight is 398 g/mol. The van der Waals surface area contributed by atoms with Gasteiger partial charge in [-0.1, -0.05) is 30.3 Å². The van der Waals surface area contributed by atoms with Crippen molar-refractivity contribution in [3.8, 4) is 0 Å². The molecule has 0 aliphatic rings. The molecule has 3 N–H and O–H groups in total. The van der Waals surface area contributed by atoms with Crippen molar-refractivity contribution in [1.82, 2.24) is 19.7 Å². The molecule has 9 heteroatoms. The van der Waals surface area contributed by atoms with Crippen molar-refractivity contribution in [1.29, 1.82) is 0 Å². The number of amides is 1. The van der Waals surface area contributed by atoms with E-state index in [-0.39, 0.29) is 5.91 Å². The second kappa shape index (κ2) is 8.53. The largest absolute Gasteiger partial charge is 0.365 e. The van der Waals surface area contributed by atoms with Gasteiger partial charge in [-0.25, -0.2) is 4.98 Å². The number of rotatable bonds is 7.